The monoisotopic (exact) mass is 289 g/mol. The van der Waals surface area contributed by atoms with E-state index in [9.17, 15) is 4.79 Å². The second kappa shape index (κ2) is 5.63. The SMILES string of the molecule is O=C(O)C1CCc2nc(COc3ccccc3)sc2C1. The summed E-state index contributed by atoms with van der Waals surface area (Å²) in [7, 11) is 0. The Bertz CT molecular complexity index is 609. The number of fused-ring (bicyclic) bond motifs is 1. The van der Waals surface area contributed by atoms with Crippen molar-refractivity contribution in [3.05, 3.63) is 45.9 Å². The van der Waals surface area contributed by atoms with Crippen molar-refractivity contribution in [1.82, 2.24) is 4.98 Å². The van der Waals surface area contributed by atoms with E-state index in [-0.39, 0.29) is 5.92 Å². The summed E-state index contributed by atoms with van der Waals surface area (Å²) in [5, 5.41) is 10.0. The molecule has 3 rings (SSSR count). The van der Waals surface area contributed by atoms with Crippen LogP contribution in [0.15, 0.2) is 30.3 Å². The quantitative estimate of drug-likeness (QED) is 0.940. The third-order valence-corrected chi connectivity index (χ3v) is 4.53. The molecule has 0 radical (unpaired) electrons. The molecule has 104 valence electrons. The number of hydrogen-bond donors (Lipinski definition) is 1. The van der Waals surface area contributed by atoms with Gasteiger partial charge in [0.1, 0.15) is 17.4 Å². The third-order valence-electron chi connectivity index (χ3n) is 3.44. The number of rotatable bonds is 4. The summed E-state index contributed by atoms with van der Waals surface area (Å²) in [5.74, 6) is -0.138. The minimum absolute atomic E-state index is 0.258. The minimum Gasteiger partial charge on any atom is -0.486 e. The molecule has 1 aromatic heterocycles. The first-order valence-corrected chi connectivity index (χ1v) is 7.42. The summed E-state index contributed by atoms with van der Waals surface area (Å²) >= 11 is 1.58. The van der Waals surface area contributed by atoms with Gasteiger partial charge in [-0.1, -0.05) is 18.2 Å². The molecule has 0 aliphatic heterocycles. The average molecular weight is 289 g/mol. The second-order valence-electron chi connectivity index (χ2n) is 4.86. The van der Waals surface area contributed by atoms with E-state index in [1.807, 2.05) is 30.3 Å². The molecule has 0 saturated carbocycles. The van der Waals surface area contributed by atoms with Crippen LogP contribution in [-0.4, -0.2) is 16.1 Å². The number of benzene rings is 1. The molecular formula is C15H15NO3S. The molecule has 1 atom stereocenters. The lowest BCUT2D eigenvalue weighted by molar-refractivity contribution is -0.142. The van der Waals surface area contributed by atoms with Crippen LogP contribution in [0.3, 0.4) is 0 Å². The molecule has 1 aliphatic carbocycles. The maximum absolute atomic E-state index is 11.0. The fourth-order valence-electron chi connectivity index (χ4n) is 2.36. The third kappa shape index (κ3) is 2.82. The van der Waals surface area contributed by atoms with Crippen molar-refractivity contribution in [3.8, 4) is 5.75 Å². The lowest BCUT2D eigenvalue weighted by Crippen LogP contribution is -2.21. The molecule has 1 aliphatic rings. The Balaban J connectivity index is 1.67. The number of aliphatic carboxylic acids is 1. The van der Waals surface area contributed by atoms with Gasteiger partial charge in [-0.15, -0.1) is 11.3 Å². The van der Waals surface area contributed by atoms with Crippen LogP contribution in [0.25, 0.3) is 0 Å². The highest BCUT2D eigenvalue weighted by molar-refractivity contribution is 7.11. The number of carbonyl (C=O) groups is 1. The molecule has 1 N–H and O–H groups in total. The van der Waals surface area contributed by atoms with Gasteiger partial charge in [0.25, 0.3) is 0 Å². The number of para-hydroxylation sites is 1. The summed E-state index contributed by atoms with van der Waals surface area (Å²) in [4.78, 5) is 16.7. The molecule has 0 bridgehead atoms. The van der Waals surface area contributed by atoms with Gasteiger partial charge < -0.3 is 9.84 Å². The smallest absolute Gasteiger partial charge is 0.306 e. The van der Waals surface area contributed by atoms with Gasteiger partial charge in [0, 0.05) is 4.88 Å². The number of nitrogens with zero attached hydrogens (tertiary/aromatic N) is 1. The van der Waals surface area contributed by atoms with Crippen molar-refractivity contribution in [2.45, 2.75) is 25.9 Å². The second-order valence-corrected chi connectivity index (χ2v) is 6.03. The van der Waals surface area contributed by atoms with Crippen LogP contribution in [0.5, 0.6) is 5.75 Å². The van der Waals surface area contributed by atoms with Gasteiger partial charge in [-0.3, -0.25) is 4.79 Å². The zero-order valence-electron chi connectivity index (χ0n) is 10.9. The van der Waals surface area contributed by atoms with Crippen molar-refractivity contribution in [3.63, 3.8) is 0 Å². The Morgan fingerprint density at radius 2 is 2.20 bits per heavy atom. The molecular weight excluding hydrogens is 274 g/mol. The molecule has 2 aromatic rings. The highest BCUT2D eigenvalue weighted by Gasteiger charge is 2.27. The van der Waals surface area contributed by atoms with Gasteiger partial charge in [0.2, 0.25) is 0 Å². The van der Waals surface area contributed by atoms with Gasteiger partial charge >= 0.3 is 5.97 Å². The first-order valence-electron chi connectivity index (χ1n) is 6.60. The Morgan fingerprint density at radius 1 is 1.40 bits per heavy atom. The van der Waals surface area contributed by atoms with Crippen molar-refractivity contribution in [1.29, 1.82) is 0 Å². The number of aromatic nitrogens is 1. The summed E-state index contributed by atoms with van der Waals surface area (Å²) in [6.45, 7) is 0.444. The molecule has 4 nitrogen and oxygen atoms in total. The van der Waals surface area contributed by atoms with E-state index < -0.39 is 5.97 Å². The summed E-state index contributed by atoms with van der Waals surface area (Å²) in [6.07, 6.45) is 2.05. The van der Waals surface area contributed by atoms with Crippen molar-refractivity contribution < 1.29 is 14.6 Å². The molecule has 1 aromatic carbocycles. The van der Waals surface area contributed by atoms with Crippen LogP contribution in [0.4, 0.5) is 0 Å². The predicted molar refractivity (Wildman–Crippen MR) is 76.0 cm³/mol. The number of aryl methyl sites for hydroxylation is 1. The van der Waals surface area contributed by atoms with Gasteiger partial charge in [0.05, 0.1) is 11.6 Å². The number of carboxylic acids is 1. The lowest BCUT2D eigenvalue weighted by atomic mass is 9.91. The topological polar surface area (TPSA) is 59.4 Å². The zero-order valence-corrected chi connectivity index (χ0v) is 11.7. The van der Waals surface area contributed by atoms with Crippen LogP contribution in [0.2, 0.25) is 0 Å². The molecule has 1 heterocycles. The summed E-state index contributed by atoms with van der Waals surface area (Å²) in [5.41, 5.74) is 1.05. The van der Waals surface area contributed by atoms with E-state index >= 15 is 0 Å². The highest BCUT2D eigenvalue weighted by Crippen LogP contribution is 2.30. The zero-order chi connectivity index (χ0) is 13.9. The molecule has 0 amide bonds. The molecule has 1 unspecified atom stereocenters. The number of thiazole rings is 1. The van der Waals surface area contributed by atoms with E-state index in [2.05, 4.69) is 4.98 Å². The Kier molecular flexibility index (Phi) is 3.69. The van der Waals surface area contributed by atoms with Crippen LogP contribution < -0.4 is 4.74 Å². The Hall–Kier alpha value is -1.88. The molecule has 0 spiro atoms. The fourth-order valence-corrected chi connectivity index (χ4v) is 3.47. The van der Waals surface area contributed by atoms with E-state index in [0.29, 0.717) is 19.4 Å². The standard InChI is InChI=1S/C15H15NO3S/c17-15(18)10-6-7-12-13(8-10)20-14(16-12)9-19-11-4-2-1-3-5-11/h1-5,10H,6-9H2,(H,17,18). The van der Waals surface area contributed by atoms with Crippen molar-refractivity contribution >= 4 is 17.3 Å². The van der Waals surface area contributed by atoms with Crippen molar-refractivity contribution in [2.75, 3.05) is 0 Å². The van der Waals surface area contributed by atoms with Crippen LogP contribution in [-0.2, 0) is 24.2 Å². The highest BCUT2D eigenvalue weighted by atomic mass is 32.1. The molecule has 0 saturated heterocycles. The van der Waals surface area contributed by atoms with E-state index in [1.165, 1.54) is 0 Å². The van der Waals surface area contributed by atoms with Crippen LogP contribution >= 0.6 is 11.3 Å². The van der Waals surface area contributed by atoms with E-state index in [0.717, 1.165) is 27.7 Å². The number of ether oxygens (including phenoxy) is 1. The van der Waals surface area contributed by atoms with Crippen molar-refractivity contribution in [2.24, 2.45) is 5.92 Å². The Morgan fingerprint density at radius 3 is 2.95 bits per heavy atom. The Labute approximate surface area is 121 Å². The number of hydrogen-bond acceptors (Lipinski definition) is 4. The first kappa shape index (κ1) is 13.1. The first-order chi connectivity index (χ1) is 9.72. The van der Waals surface area contributed by atoms with Gasteiger partial charge in [-0.25, -0.2) is 4.98 Å². The normalized spacial score (nSPS) is 17.5. The molecule has 0 fully saturated rings. The number of carboxylic acid groups (broad SMARTS) is 1. The summed E-state index contributed by atoms with van der Waals surface area (Å²) < 4.78 is 5.68. The van der Waals surface area contributed by atoms with Gasteiger partial charge in [-0.05, 0) is 31.4 Å². The van der Waals surface area contributed by atoms with Crippen LogP contribution in [0.1, 0.15) is 22.0 Å². The fraction of sp³-hybridized carbons (Fsp3) is 0.333. The predicted octanol–water partition coefficient (Wildman–Crippen LogP) is 2.91. The van der Waals surface area contributed by atoms with Gasteiger partial charge in [0.15, 0.2) is 0 Å². The molecule has 20 heavy (non-hydrogen) atoms. The minimum atomic E-state index is -0.703. The van der Waals surface area contributed by atoms with E-state index in [1.54, 1.807) is 11.3 Å². The maximum atomic E-state index is 11.0. The van der Waals surface area contributed by atoms with Gasteiger partial charge in [-0.2, -0.15) is 0 Å². The summed E-state index contributed by atoms with van der Waals surface area (Å²) in [6, 6.07) is 9.63. The largest absolute Gasteiger partial charge is 0.486 e. The lowest BCUT2D eigenvalue weighted by Gasteiger charge is -2.16. The average Bonchev–Trinajstić information content (AvgIpc) is 2.88. The van der Waals surface area contributed by atoms with Crippen LogP contribution in [0, 0.1) is 5.92 Å². The van der Waals surface area contributed by atoms with E-state index in [4.69, 9.17) is 9.84 Å². The maximum Gasteiger partial charge on any atom is 0.306 e. The molecule has 5 heteroatoms.